The van der Waals surface area contributed by atoms with Crippen LogP contribution >= 0.6 is 0 Å². The van der Waals surface area contributed by atoms with Crippen molar-refractivity contribution in [3.8, 4) is 0 Å². The van der Waals surface area contributed by atoms with Gasteiger partial charge in [-0.2, -0.15) is 0 Å². The molecule has 3 aromatic rings. The molecule has 0 spiro atoms. The minimum absolute atomic E-state index is 0.464. The minimum atomic E-state index is -0.905. The van der Waals surface area contributed by atoms with Crippen molar-refractivity contribution >= 4 is 0 Å². The third-order valence-electron chi connectivity index (χ3n) is 6.51. The van der Waals surface area contributed by atoms with Gasteiger partial charge >= 0.3 is 0 Å². The summed E-state index contributed by atoms with van der Waals surface area (Å²) in [4.78, 5) is 0. The van der Waals surface area contributed by atoms with Crippen LogP contribution < -0.4 is 0 Å². The number of aliphatic hydroxyl groups is 3. The lowest BCUT2D eigenvalue weighted by Crippen LogP contribution is -2.27. The van der Waals surface area contributed by atoms with Crippen molar-refractivity contribution in [2.45, 2.75) is 70.7 Å². The normalized spacial score (nSPS) is 13.3. The van der Waals surface area contributed by atoms with Crippen LogP contribution in [-0.4, -0.2) is 15.3 Å². The molecule has 0 amide bonds. The van der Waals surface area contributed by atoms with E-state index in [1.54, 1.807) is 41.5 Å². The van der Waals surface area contributed by atoms with Crippen LogP contribution in [0.1, 0.15) is 81.8 Å². The fourth-order valence-corrected chi connectivity index (χ4v) is 4.13. The average molecular weight is 433 g/mol. The Hall–Kier alpha value is -2.46. The van der Waals surface area contributed by atoms with Gasteiger partial charge in [0.15, 0.2) is 0 Å². The van der Waals surface area contributed by atoms with Crippen molar-refractivity contribution in [1.29, 1.82) is 0 Å². The molecule has 0 unspecified atom stereocenters. The van der Waals surface area contributed by atoms with Crippen LogP contribution in [-0.2, 0) is 22.2 Å². The molecule has 0 fully saturated rings. The van der Waals surface area contributed by atoms with Crippen molar-refractivity contribution in [1.82, 2.24) is 0 Å². The van der Waals surface area contributed by atoms with Gasteiger partial charge in [0.25, 0.3) is 0 Å². The molecule has 3 nitrogen and oxygen atoms in total. The highest BCUT2D eigenvalue weighted by Crippen LogP contribution is 2.40. The summed E-state index contributed by atoms with van der Waals surface area (Å²) in [6, 6.07) is 24.3. The topological polar surface area (TPSA) is 60.7 Å². The molecular formula is C29H36O3. The van der Waals surface area contributed by atoms with E-state index < -0.39 is 22.2 Å². The zero-order chi connectivity index (χ0) is 23.9. The fourth-order valence-electron chi connectivity index (χ4n) is 4.13. The SMILES string of the molecule is CC(C)(O)c1ccc(C(C)(c2ccc(C(C)(C)O)cc2)c2ccc(C(C)(C)O)cc2)cc1. The number of hydrogen-bond donors (Lipinski definition) is 3. The van der Waals surface area contributed by atoms with Crippen LogP contribution in [0, 0.1) is 0 Å². The molecule has 0 aromatic heterocycles. The first-order chi connectivity index (χ1) is 14.6. The highest BCUT2D eigenvalue weighted by atomic mass is 16.3. The molecule has 3 aromatic carbocycles. The molecule has 0 aliphatic heterocycles. The van der Waals surface area contributed by atoms with Gasteiger partial charge < -0.3 is 15.3 Å². The Kier molecular flexibility index (Phi) is 6.16. The zero-order valence-corrected chi connectivity index (χ0v) is 20.3. The average Bonchev–Trinajstić information content (AvgIpc) is 2.71. The maximum absolute atomic E-state index is 10.4. The first-order valence-corrected chi connectivity index (χ1v) is 11.1. The lowest BCUT2D eigenvalue weighted by molar-refractivity contribution is 0.0780. The van der Waals surface area contributed by atoms with Gasteiger partial charge in [0.05, 0.1) is 16.8 Å². The number of hydrogen-bond acceptors (Lipinski definition) is 3. The zero-order valence-electron chi connectivity index (χ0n) is 20.3. The highest BCUT2D eigenvalue weighted by molar-refractivity contribution is 5.51. The largest absolute Gasteiger partial charge is 0.386 e. The van der Waals surface area contributed by atoms with Gasteiger partial charge in [-0.25, -0.2) is 0 Å². The van der Waals surface area contributed by atoms with Gasteiger partial charge in [0, 0.05) is 5.41 Å². The Morgan fingerprint density at radius 1 is 0.344 bits per heavy atom. The molecule has 3 N–H and O–H groups in total. The van der Waals surface area contributed by atoms with E-state index >= 15 is 0 Å². The van der Waals surface area contributed by atoms with E-state index in [2.05, 4.69) is 43.3 Å². The van der Waals surface area contributed by atoms with E-state index in [9.17, 15) is 15.3 Å². The molecule has 3 heteroatoms. The molecule has 0 atom stereocenters. The minimum Gasteiger partial charge on any atom is -0.386 e. The third kappa shape index (κ3) is 4.80. The molecule has 0 heterocycles. The van der Waals surface area contributed by atoms with Crippen LogP contribution in [0.4, 0.5) is 0 Å². The molecule has 0 saturated heterocycles. The van der Waals surface area contributed by atoms with E-state index in [-0.39, 0.29) is 0 Å². The molecular weight excluding hydrogens is 396 g/mol. The molecule has 0 saturated carbocycles. The van der Waals surface area contributed by atoms with Crippen LogP contribution in [0.2, 0.25) is 0 Å². The maximum Gasteiger partial charge on any atom is 0.0840 e. The Bertz CT molecular complexity index is 901. The van der Waals surface area contributed by atoms with Crippen LogP contribution in [0.5, 0.6) is 0 Å². The summed E-state index contributed by atoms with van der Waals surface area (Å²) in [7, 11) is 0. The van der Waals surface area contributed by atoms with Crippen molar-refractivity contribution in [3.05, 3.63) is 106 Å². The third-order valence-corrected chi connectivity index (χ3v) is 6.51. The van der Waals surface area contributed by atoms with Gasteiger partial charge in [0.2, 0.25) is 0 Å². The number of rotatable bonds is 6. The molecule has 170 valence electrons. The van der Waals surface area contributed by atoms with Crippen LogP contribution in [0.15, 0.2) is 72.8 Å². The summed E-state index contributed by atoms with van der Waals surface area (Å²) >= 11 is 0. The van der Waals surface area contributed by atoms with E-state index in [0.29, 0.717) is 0 Å². The summed E-state index contributed by atoms with van der Waals surface area (Å²) < 4.78 is 0. The van der Waals surface area contributed by atoms with Crippen molar-refractivity contribution in [3.63, 3.8) is 0 Å². The lowest BCUT2D eigenvalue weighted by atomic mass is 9.70. The van der Waals surface area contributed by atoms with Crippen molar-refractivity contribution < 1.29 is 15.3 Å². The van der Waals surface area contributed by atoms with Gasteiger partial charge in [-0.15, -0.1) is 0 Å². The number of benzene rings is 3. The summed E-state index contributed by atoms with van der Waals surface area (Å²) in [6.07, 6.45) is 0. The Balaban J connectivity index is 2.17. The monoisotopic (exact) mass is 432 g/mol. The van der Waals surface area contributed by atoms with E-state index in [4.69, 9.17) is 0 Å². The summed E-state index contributed by atoms with van der Waals surface area (Å²) in [5.74, 6) is 0. The molecule has 0 aliphatic rings. The van der Waals surface area contributed by atoms with Crippen molar-refractivity contribution in [2.75, 3.05) is 0 Å². The molecule has 32 heavy (non-hydrogen) atoms. The predicted molar refractivity (Wildman–Crippen MR) is 131 cm³/mol. The Morgan fingerprint density at radius 3 is 0.656 bits per heavy atom. The van der Waals surface area contributed by atoms with E-state index in [1.165, 1.54) is 0 Å². The maximum atomic E-state index is 10.4. The predicted octanol–water partition coefficient (Wildman–Crippen LogP) is 5.72. The summed E-state index contributed by atoms with van der Waals surface area (Å²) in [5.41, 5.74) is 2.68. The second-order valence-electron chi connectivity index (χ2n) is 10.5. The van der Waals surface area contributed by atoms with Crippen LogP contribution in [0.3, 0.4) is 0 Å². The highest BCUT2D eigenvalue weighted by Gasteiger charge is 2.32. The van der Waals surface area contributed by atoms with Crippen molar-refractivity contribution in [2.24, 2.45) is 0 Å². The Labute approximate surface area is 192 Å². The summed E-state index contributed by atoms with van der Waals surface area (Å²) in [5, 5.41) is 31.1. The Morgan fingerprint density at radius 2 is 0.500 bits per heavy atom. The molecule has 0 bridgehead atoms. The molecule has 0 radical (unpaired) electrons. The van der Waals surface area contributed by atoms with Gasteiger partial charge in [-0.05, 0) is 81.8 Å². The standard InChI is InChI=1S/C29H36O3/c1-26(2,30)20-8-14-23(15-9-20)29(7,24-16-10-21(11-17-24)27(3,4)31)25-18-12-22(13-19-25)28(5,6)32/h8-19,30-32H,1-7H3. The first-order valence-electron chi connectivity index (χ1n) is 11.1. The van der Waals surface area contributed by atoms with Gasteiger partial charge in [-0.1, -0.05) is 72.8 Å². The second kappa shape index (κ2) is 8.15. The first kappa shape index (κ1) is 24.2. The van der Waals surface area contributed by atoms with Crippen LogP contribution in [0.25, 0.3) is 0 Å². The van der Waals surface area contributed by atoms with Gasteiger partial charge in [-0.3, -0.25) is 0 Å². The smallest absolute Gasteiger partial charge is 0.0840 e. The lowest BCUT2D eigenvalue weighted by Gasteiger charge is -2.33. The van der Waals surface area contributed by atoms with Gasteiger partial charge in [0.1, 0.15) is 0 Å². The van der Waals surface area contributed by atoms with E-state index in [1.807, 2.05) is 36.4 Å². The fraction of sp³-hybridized carbons (Fsp3) is 0.379. The summed E-state index contributed by atoms with van der Waals surface area (Å²) in [6.45, 7) is 12.9. The quantitative estimate of drug-likeness (QED) is 0.436. The molecule has 0 aliphatic carbocycles. The molecule has 3 rings (SSSR count). The second-order valence-corrected chi connectivity index (χ2v) is 10.5. The van der Waals surface area contributed by atoms with E-state index in [0.717, 1.165) is 33.4 Å².